The van der Waals surface area contributed by atoms with Gasteiger partial charge in [-0.3, -0.25) is 9.59 Å². The number of hydrogen-bond acceptors (Lipinski definition) is 3. The van der Waals surface area contributed by atoms with Crippen LogP contribution in [0, 0.1) is 0 Å². The van der Waals surface area contributed by atoms with Crippen molar-refractivity contribution in [3.05, 3.63) is 83.9 Å². The van der Waals surface area contributed by atoms with Gasteiger partial charge in [-0.15, -0.1) is 0 Å². The number of carbonyl (C=O) groups is 2. The molecule has 3 aromatic rings. The van der Waals surface area contributed by atoms with Crippen LogP contribution in [-0.2, 0) is 20.7 Å². The molecule has 0 bridgehead atoms. The summed E-state index contributed by atoms with van der Waals surface area (Å²) in [5.74, 6) is -0.521. The topological polar surface area (TPSA) is 46.6 Å². The molecule has 28 heavy (non-hydrogen) atoms. The number of nitrogens with zero attached hydrogens (tertiary/aromatic N) is 1. The highest BCUT2D eigenvalue weighted by atomic mass is 16.5. The maximum absolute atomic E-state index is 13.0. The Bertz CT molecular complexity index is 972. The quantitative estimate of drug-likeness (QED) is 0.627. The van der Waals surface area contributed by atoms with Gasteiger partial charge in [0.05, 0.1) is 6.42 Å². The van der Waals surface area contributed by atoms with Crippen molar-refractivity contribution < 1.29 is 14.3 Å². The average molecular weight is 373 g/mol. The molecule has 1 aliphatic rings. The number of rotatable bonds is 5. The van der Waals surface area contributed by atoms with Crippen molar-refractivity contribution in [1.29, 1.82) is 0 Å². The predicted octanol–water partition coefficient (Wildman–Crippen LogP) is 4.29. The van der Waals surface area contributed by atoms with E-state index in [9.17, 15) is 9.59 Å². The van der Waals surface area contributed by atoms with Gasteiger partial charge in [-0.2, -0.15) is 0 Å². The molecule has 4 nitrogen and oxygen atoms in total. The lowest BCUT2D eigenvalue weighted by Gasteiger charge is -2.23. The number of benzene rings is 3. The van der Waals surface area contributed by atoms with Crippen LogP contribution >= 0.6 is 0 Å². The monoisotopic (exact) mass is 373 g/mol. The zero-order valence-electron chi connectivity index (χ0n) is 15.7. The zero-order valence-corrected chi connectivity index (χ0v) is 15.7. The summed E-state index contributed by atoms with van der Waals surface area (Å²) >= 11 is 0. The highest BCUT2D eigenvalue weighted by Crippen LogP contribution is 2.25. The van der Waals surface area contributed by atoms with E-state index in [0.717, 1.165) is 42.3 Å². The largest absolute Gasteiger partial charge is 0.447 e. The van der Waals surface area contributed by atoms with Gasteiger partial charge in [-0.05, 0) is 29.2 Å². The van der Waals surface area contributed by atoms with Crippen LogP contribution < -0.4 is 0 Å². The Hall–Kier alpha value is -3.14. The van der Waals surface area contributed by atoms with Gasteiger partial charge in [0.25, 0.3) is 5.91 Å². The number of likely N-dealkylation sites (tertiary alicyclic amines) is 1. The summed E-state index contributed by atoms with van der Waals surface area (Å²) in [6.07, 6.45) is 1.24. The van der Waals surface area contributed by atoms with Gasteiger partial charge >= 0.3 is 5.97 Å². The Kier molecular flexibility index (Phi) is 5.38. The molecule has 4 rings (SSSR count). The first-order valence-electron chi connectivity index (χ1n) is 9.72. The molecule has 0 N–H and O–H groups in total. The lowest BCUT2D eigenvalue weighted by Crippen LogP contribution is -2.35. The van der Waals surface area contributed by atoms with Crippen molar-refractivity contribution in [2.75, 3.05) is 13.1 Å². The van der Waals surface area contributed by atoms with Gasteiger partial charge < -0.3 is 9.64 Å². The maximum atomic E-state index is 13.0. The molecular formula is C24H23NO3. The van der Waals surface area contributed by atoms with Gasteiger partial charge in [0.15, 0.2) is 0 Å². The average Bonchev–Trinajstić information content (AvgIpc) is 3.27. The van der Waals surface area contributed by atoms with Gasteiger partial charge in [-0.1, -0.05) is 72.8 Å². The summed E-state index contributed by atoms with van der Waals surface area (Å²) in [6.45, 7) is 1.45. The minimum Gasteiger partial charge on any atom is -0.447 e. The summed E-state index contributed by atoms with van der Waals surface area (Å²) in [4.78, 5) is 27.6. The molecule has 0 aliphatic carbocycles. The highest BCUT2D eigenvalue weighted by Gasteiger charge is 2.30. The molecule has 0 spiro atoms. The first kappa shape index (κ1) is 18.2. The minimum atomic E-state index is -0.887. The molecule has 0 unspecified atom stereocenters. The summed E-state index contributed by atoms with van der Waals surface area (Å²) in [5.41, 5.74) is 1.62. The fraction of sp³-hybridized carbons (Fsp3) is 0.250. The molecule has 1 aliphatic heterocycles. The van der Waals surface area contributed by atoms with Crippen LogP contribution in [0.25, 0.3) is 10.8 Å². The standard InChI is InChI=1S/C24H23NO3/c26-22(17-20-13-8-12-18-9-4-5-14-21(18)20)28-23(19-10-2-1-3-11-19)24(27)25-15-6-7-16-25/h1-5,8-14,23H,6-7,15-17H2/t23-/m1/s1. The minimum absolute atomic E-state index is 0.130. The van der Waals surface area contributed by atoms with Gasteiger partial charge in [-0.25, -0.2) is 0 Å². The van der Waals surface area contributed by atoms with Crippen molar-refractivity contribution in [2.45, 2.75) is 25.4 Å². The molecule has 0 radical (unpaired) electrons. The molecule has 142 valence electrons. The molecule has 3 aromatic carbocycles. The van der Waals surface area contributed by atoms with E-state index in [4.69, 9.17) is 4.74 Å². The number of amides is 1. The van der Waals surface area contributed by atoms with Crippen LogP contribution in [0.15, 0.2) is 72.8 Å². The number of hydrogen-bond donors (Lipinski definition) is 0. The molecule has 1 atom stereocenters. The molecule has 0 aromatic heterocycles. The number of esters is 1. The summed E-state index contributed by atoms with van der Waals surface area (Å²) < 4.78 is 5.73. The van der Waals surface area contributed by atoms with Crippen LogP contribution in [0.2, 0.25) is 0 Å². The third kappa shape index (κ3) is 3.91. The fourth-order valence-corrected chi connectivity index (χ4v) is 3.77. The van der Waals surface area contributed by atoms with E-state index in [-0.39, 0.29) is 12.3 Å². The SMILES string of the molecule is O=C(Cc1cccc2ccccc12)O[C@@H](C(=O)N1CCCC1)c1ccccc1. The molecule has 4 heteroatoms. The lowest BCUT2D eigenvalue weighted by atomic mass is 10.0. The molecule has 0 saturated carbocycles. The smallest absolute Gasteiger partial charge is 0.311 e. The van der Waals surface area contributed by atoms with Crippen molar-refractivity contribution in [2.24, 2.45) is 0 Å². The summed E-state index contributed by atoms with van der Waals surface area (Å²) in [5, 5.41) is 2.12. The molecule has 1 heterocycles. The maximum Gasteiger partial charge on any atom is 0.311 e. The van der Waals surface area contributed by atoms with Crippen molar-refractivity contribution in [3.8, 4) is 0 Å². The lowest BCUT2D eigenvalue weighted by molar-refractivity contribution is -0.160. The van der Waals surface area contributed by atoms with E-state index in [1.54, 1.807) is 4.90 Å². The van der Waals surface area contributed by atoms with Crippen LogP contribution in [-0.4, -0.2) is 29.9 Å². The van der Waals surface area contributed by atoms with E-state index in [2.05, 4.69) is 0 Å². The van der Waals surface area contributed by atoms with Crippen molar-refractivity contribution in [3.63, 3.8) is 0 Å². The van der Waals surface area contributed by atoms with Crippen molar-refractivity contribution in [1.82, 2.24) is 4.90 Å². The third-order valence-electron chi connectivity index (χ3n) is 5.21. The van der Waals surface area contributed by atoms with E-state index in [0.29, 0.717) is 5.56 Å². The predicted molar refractivity (Wildman–Crippen MR) is 109 cm³/mol. The summed E-state index contributed by atoms with van der Waals surface area (Å²) in [6, 6.07) is 23.1. The molecule has 1 saturated heterocycles. The second-order valence-corrected chi connectivity index (χ2v) is 7.13. The molecule has 1 amide bonds. The van der Waals surface area contributed by atoms with E-state index >= 15 is 0 Å². The normalized spacial score (nSPS) is 14.8. The van der Waals surface area contributed by atoms with Crippen LogP contribution in [0.1, 0.15) is 30.1 Å². The second-order valence-electron chi connectivity index (χ2n) is 7.13. The van der Waals surface area contributed by atoms with Crippen LogP contribution in [0.5, 0.6) is 0 Å². The zero-order chi connectivity index (χ0) is 19.3. The van der Waals surface area contributed by atoms with Crippen LogP contribution in [0.3, 0.4) is 0 Å². The molecular weight excluding hydrogens is 350 g/mol. The Morgan fingerprint density at radius 3 is 2.32 bits per heavy atom. The summed E-state index contributed by atoms with van der Waals surface area (Å²) in [7, 11) is 0. The van der Waals surface area contributed by atoms with E-state index < -0.39 is 12.1 Å². The van der Waals surface area contributed by atoms with Gasteiger partial charge in [0.2, 0.25) is 6.10 Å². The highest BCUT2D eigenvalue weighted by molar-refractivity contribution is 5.90. The Morgan fingerprint density at radius 2 is 1.54 bits per heavy atom. The van der Waals surface area contributed by atoms with Gasteiger partial charge in [0.1, 0.15) is 0 Å². The molecule has 1 fully saturated rings. The van der Waals surface area contributed by atoms with E-state index in [1.807, 2.05) is 72.8 Å². The van der Waals surface area contributed by atoms with Crippen LogP contribution in [0.4, 0.5) is 0 Å². The van der Waals surface area contributed by atoms with Crippen molar-refractivity contribution >= 4 is 22.6 Å². The number of carbonyl (C=O) groups excluding carboxylic acids is 2. The first-order chi connectivity index (χ1) is 13.7. The number of ether oxygens (including phenoxy) is 1. The Morgan fingerprint density at radius 1 is 0.857 bits per heavy atom. The van der Waals surface area contributed by atoms with E-state index in [1.165, 1.54) is 0 Å². The fourth-order valence-electron chi connectivity index (χ4n) is 3.77. The Balaban J connectivity index is 1.56. The first-order valence-corrected chi connectivity index (χ1v) is 9.72. The second kappa shape index (κ2) is 8.26. The number of fused-ring (bicyclic) bond motifs is 1. The van der Waals surface area contributed by atoms with Gasteiger partial charge in [0, 0.05) is 18.7 Å². The third-order valence-corrected chi connectivity index (χ3v) is 5.21. The Labute approximate surface area is 164 Å².